The predicted octanol–water partition coefficient (Wildman–Crippen LogP) is 1.08. The van der Waals surface area contributed by atoms with Gasteiger partial charge in [-0.05, 0) is 13.3 Å². The van der Waals surface area contributed by atoms with E-state index in [0.29, 0.717) is 18.4 Å². The molecule has 0 aliphatic heterocycles. The first-order valence-electron chi connectivity index (χ1n) is 5.85. The van der Waals surface area contributed by atoms with Gasteiger partial charge in [0.15, 0.2) is 5.78 Å². The monoisotopic (exact) mass is 237 g/mol. The van der Waals surface area contributed by atoms with E-state index in [4.69, 9.17) is 0 Å². The minimum Gasteiger partial charge on any atom is -0.342 e. The van der Waals surface area contributed by atoms with E-state index in [2.05, 4.69) is 10.4 Å². The summed E-state index contributed by atoms with van der Waals surface area (Å²) in [6.45, 7) is 5.43. The van der Waals surface area contributed by atoms with E-state index >= 15 is 0 Å². The highest BCUT2D eigenvalue weighted by Gasteiger charge is 2.18. The zero-order chi connectivity index (χ0) is 13.0. The molecule has 1 atom stereocenters. The molecular weight excluding hydrogens is 218 g/mol. The molecule has 17 heavy (non-hydrogen) atoms. The van der Waals surface area contributed by atoms with Gasteiger partial charge >= 0.3 is 0 Å². The Labute approximate surface area is 101 Å². The molecule has 5 heteroatoms. The van der Waals surface area contributed by atoms with Crippen molar-refractivity contribution in [2.45, 2.75) is 39.7 Å². The van der Waals surface area contributed by atoms with Crippen LogP contribution in [0.2, 0.25) is 0 Å². The first-order valence-corrected chi connectivity index (χ1v) is 5.85. The Morgan fingerprint density at radius 2 is 2.12 bits per heavy atom. The molecule has 1 heterocycles. The molecule has 1 amide bonds. The Kier molecular flexibility index (Phi) is 4.43. The predicted molar refractivity (Wildman–Crippen MR) is 64.8 cm³/mol. The van der Waals surface area contributed by atoms with Crippen molar-refractivity contribution in [2.24, 2.45) is 7.05 Å². The zero-order valence-electron chi connectivity index (χ0n) is 10.8. The van der Waals surface area contributed by atoms with Crippen molar-refractivity contribution in [3.8, 4) is 0 Å². The number of carbonyl (C=O) groups is 2. The number of aromatic nitrogens is 2. The first-order chi connectivity index (χ1) is 7.99. The van der Waals surface area contributed by atoms with Crippen molar-refractivity contribution < 1.29 is 9.59 Å². The van der Waals surface area contributed by atoms with E-state index in [1.54, 1.807) is 31.8 Å². The standard InChI is InChI=1S/C12H19N3O2/c1-5-10-9(7-15(4)14-10)12(17)13-8(3)11(16)6-2/h7-8H,5-6H2,1-4H3,(H,13,17). The Hall–Kier alpha value is -1.65. The average molecular weight is 237 g/mol. The number of Topliss-reactive ketones (excluding diaryl/α,β-unsaturated/α-hetero) is 1. The Balaban J connectivity index is 2.79. The average Bonchev–Trinajstić information content (AvgIpc) is 2.69. The topological polar surface area (TPSA) is 64.0 Å². The van der Waals surface area contributed by atoms with Crippen LogP contribution in [0.4, 0.5) is 0 Å². The summed E-state index contributed by atoms with van der Waals surface area (Å²) < 4.78 is 1.61. The second-order valence-corrected chi connectivity index (χ2v) is 4.03. The molecule has 1 aromatic rings. The Morgan fingerprint density at radius 1 is 1.47 bits per heavy atom. The van der Waals surface area contributed by atoms with Gasteiger partial charge in [-0.15, -0.1) is 0 Å². The fraction of sp³-hybridized carbons (Fsp3) is 0.583. The molecule has 0 aliphatic rings. The number of amides is 1. The van der Waals surface area contributed by atoms with Gasteiger partial charge in [0, 0.05) is 19.7 Å². The Bertz CT molecular complexity index is 423. The molecule has 5 nitrogen and oxygen atoms in total. The van der Waals surface area contributed by atoms with Crippen LogP contribution in [-0.2, 0) is 18.3 Å². The van der Waals surface area contributed by atoms with Crippen molar-refractivity contribution in [1.29, 1.82) is 0 Å². The van der Waals surface area contributed by atoms with Crippen LogP contribution < -0.4 is 5.32 Å². The minimum atomic E-state index is -0.447. The molecule has 0 saturated carbocycles. The summed E-state index contributed by atoms with van der Waals surface area (Å²) in [6, 6.07) is -0.447. The van der Waals surface area contributed by atoms with Crippen molar-refractivity contribution in [3.63, 3.8) is 0 Å². The van der Waals surface area contributed by atoms with Crippen LogP contribution >= 0.6 is 0 Å². The molecule has 1 unspecified atom stereocenters. The normalized spacial score (nSPS) is 12.2. The molecule has 1 aromatic heterocycles. The van der Waals surface area contributed by atoms with Gasteiger partial charge in [0.05, 0.1) is 17.3 Å². The molecule has 0 fully saturated rings. The van der Waals surface area contributed by atoms with E-state index in [9.17, 15) is 9.59 Å². The van der Waals surface area contributed by atoms with Crippen LogP contribution in [0, 0.1) is 0 Å². The number of nitrogens with one attached hydrogen (secondary N) is 1. The van der Waals surface area contributed by atoms with Crippen molar-refractivity contribution in [1.82, 2.24) is 15.1 Å². The second-order valence-electron chi connectivity index (χ2n) is 4.03. The van der Waals surface area contributed by atoms with Gasteiger partial charge in [0.25, 0.3) is 5.91 Å². The van der Waals surface area contributed by atoms with Gasteiger partial charge in [-0.3, -0.25) is 14.3 Å². The van der Waals surface area contributed by atoms with Crippen molar-refractivity contribution in [3.05, 3.63) is 17.5 Å². The first kappa shape index (κ1) is 13.4. The maximum atomic E-state index is 12.0. The maximum absolute atomic E-state index is 12.0. The van der Waals surface area contributed by atoms with Gasteiger partial charge in [-0.2, -0.15) is 5.10 Å². The summed E-state index contributed by atoms with van der Waals surface area (Å²) in [5.74, 6) is -0.204. The molecule has 0 bridgehead atoms. The lowest BCUT2D eigenvalue weighted by atomic mass is 10.1. The zero-order valence-corrected chi connectivity index (χ0v) is 10.8. The molecule has 0 spiro atoms. The van der Waals surface area contributed by atoms with Crippen LogP contribution in [-0.4, -0.2) is 27.5 Å². The van der Waals surface area contributed by atoms with Gasteiger partial charge in [0.2, 0.25) is 0 Å². The summed E-state index contributed by atoms with van der Waals surface area (Å²) in [4.78, 5) is 23.4. The molecule has 94 valence electrons. The summed E-state index contributed by atoms with van der Waals surface area (Å²) in [5, 5.41) is 6.89. The van der Waals surface area contributed by atoms with Crippen LogP contribution in [0.3, 0.4) is 0 Å². The Morgan fingerprint density at radius 3 is 2.65 bits per heavy atom. The number of aryl methyl sites for hydroxylation is 2. The molecule has 1 N–H and O–H groups in total. The molecule has 0 aliphatic carbocycles. The third-order valence-corrected chi connectivity index (χ3v) is 2.66. The third-order valence-electron chi connectivity index (χ3n) is 2.66. The molecule has 0 saturated heterocycles. The summed E-state index contributed by atoms with van der Waals surface area (Å²) in [7, 11) is 1.77. The number of rotatable bonds is 5. The number of hydrogen-bond acceptors (Lipinski definition) is 3. The van der Waals surface area contributed by atoms with E-state index < -0.39 is 6.04 Å². The van der Waals surface area contributed by atoms with Gasteiger partial charge < -0.3 is 5.32 Å². The number of hydrogen-bond donors (Lipinski definition) is 1. The molecule has 1 rings (SSSR count). The molecular formula is C12H19N3O2. The lowest BCUT2D eigenvalue weighted by Crippen LogP contribution is -2.38. The van der Waals surface area contributed by atoms with Crippen molar-refractivity contribution in [2.75, 3.05) is 0 Å². The highest BCUT2D eigenvalue weighted by Crippen LogP contribution is 2.07. The maximum Gasteiger partial charge on any atom is 0.255 e. The molecule has 0 aromatic carbocycles. The van der Waals surface area contributed by atoms with Gasteiger partial charge in [-0.25, -0.2) is 0 Å². The highest BCUT2D eigenvalue weighted by molar-refractivity contribution is 5.98. The van der Waals surface area contributed by atoms with Crippen LogP contribution in [0.1, 0.15) is 43.2 Å². The second kappa shape index (κ2) is 5.61. The lowest BCUT2D eigenvalue weighted by molar-refractivity contribution is -0.120. The van der Waals surface area contributed by atoms with E-state index in [0.717, 1.165) is 5.69 Å². The molecule has 0 radical (unpaired) electrons. The van der Waals surface area contributed by atoms with Crippen LogP contribution in [0.15, 0.2) is 6.20 Å². The fourth-order valence-corrected chi connectivity index (χ4v) is 1.65. The minimum absolute atomic E-state index is 0.0280. The summed E-state index contributed by atoms with van der Waals surface area (Å²) in [5.41, 5.74) is 1.30. The SMILES string of the molecule is CCC(=O)C(C)NC(=O)c1cn(C)nc1CC. The number of carbonyl (C=O) groups excluding carboxylic acids is 2. The summed E-state index contributed by atoms with van der Waals surface area (Å²) >= 11 is 0. The van der Waals surface area contributed by atoms with Crippen LogP contribution in [0.5, 0.6) is 0 Å². The number of nitrogens with zero attached hydrogens (tertiary/aromatic N) is 2. The number of ketones is 1. The summed E-state index contributed by atoms with van der Waals surface area (Å²) in [6.07, 6.45) is 2.80. The van der Waals surface area contributed by atoms with E-state index in [1.165, 1.54) is 0 Å². The third kappa shape index (κ3) is 3.15. The van der Waals surface area contributed by atoms with E-state index in [-0.39, 0.29) is 11.7 Å². The van der Waals surface area contributed by atoms with Crippen LogP contribution in [0.25, 0.3) is 0 Å². The lowest BCUT2D eigenvalue weighted by Gasteiger charge is -2.11. The fourth-order valence-electron chi connectivity index (χ4n) is 1.65. The largest absolute Gasteiger partial charge is 0.342 e. The van der Waals surface area contributed by atoms with E-state index in [1.807, 2.05) is 6.92 Å². The van der Waals surface area contributed by atoms with Gasteiger partial charge in [-0.1, -0.05) is 13.8 Å². The quantitative estimate of drug-likeness (QED) is 0.833. The van der Waals surface area contributed by atoms with Gasteiger partial charge in [0.1, 0.15) is 0 Å². The highest BCUT2D eigenvalue weighted by atomic mass is 16.2. The van der Waals surface area contributed by atoms with Crippen molar-refractivity contribution >= 4 is 11.7 Å². The smallest absolute Gasteiger partial charge is 0.255 e.